The van der Waals surface area contributed by atoms with Crippen molar-refractivity contribution in [1.29, 1.82) is 0 Å². The average Bonchev–Trinajstić information content (AvgIpc) is 2.84. The molecule has 2 rings (SSSR count). The molecule has 106 valence electrons. The number of nitrogens with one attached hydrogen (secondary N) is 1. The van der Waals surface area contributed by atoms with Crippen molar-refractivity contribution in [2.75, 3.05) is 13.2 Å². The fourth-order valence-electron chi connectivity index (χ4n) is 1.56. The second-order valence-corrected chi connectivity index (χ2v) is 5.96. The van der Waals surface area contributed by atoms with Gasteiger partial charge < -0.3 is 10.1 Å². The highest BCUT2D eigenvalue weighted by atomic mass is 35.5. The topological polar surface area (TPSA) is 51.2 Å². The minimum atomic E-state index is -0.145. The Balaban J connectivity index is 1.66. The van der Waals surface area contributed by atoms with Gasteiger partial charge in [-0.3, -0.25) is 4.79 Å². The van der Waals surface area contributed by atoms with Crippen LogP contribution in [0.2, 0.25) is 5.02 Å². The van der Waals surface area contributed by atoms with Crippen LogP contribution >= 0.6 is 22.9 Å². The van der Waals surface area contributed by atoms with Gasteiger partial charge in [-0.1, -0.05) is 11.6 Å². The Kier molecular flexibility index (Phi) is 5.38. The minimum Gasteiger partial charge on any atom is -0.484 e. The first kappa shape index (κ1) is 14.8. The van der Waals surface area contributed by atoms with Crippen LogP contribution in [0, 0.1) is 6.92 Å². The van der Waals surface area contributed by atoms with Gasteiger partial charge in [-0.15, -0.1) is 11.3 Å². The number of rotatable bonds is 6. The Morgan fingerprint density at radius 3 is 2.80 bits per heavy atom. The van der Waals surface area contributed by atoms with Crippen molar-refractivity contribution >= 4 is 28.8 Å². The third-order valence-corrected chi connectivity index (χ3v) is 3.74. The molecule has 1 aromatic heterocycles. The highest BCUT2D eigenvalue weighted by Gasteiger charge is 2.04. The van der Waals surface area contributed by atoms with Crippen molar-refractivity contribution in [2.24, 2.45) is 0 Å². The maximum Gasteiger partial charge on any atom is 0.257 e. The van der Waals surface area contributed by atoms with Gasteiger partial charge in [-0.2, -0.15) is 0 Å². The first-order chi connectivity index (χ1) is 9.63. The number of hydrogen-bond acceptors (Lipinski definition) is 4. The van der Waals surface area contributed by atoms with Crippen LogP contribution in [0.4, 0.5) is 0 Å². The Hall–Kier alpha value is -1.59. The molecule has 0 saturated carbocycles. The maximum atomic E-state index is 11.6. The van der Waals surface area contributed by atoms with E-state index < -0.39 is 0 Å². The van der Waals surface area contributed by atoms with Crippen LogP contribution in [0.25, 0.3) is 0 Å². The molecule has 0 aliphatic heterocycles. The number of carbonyl (C=O) groups excluding carboxylic acids is 1. The summed E-state index contributed by atoms with van der Waals surface area (Å²) in [6.07, 6.45) is 2.58. The predicted molar refractivity (Wildman–Crippen MR) is 80.5 cm³/mol. The molecule has 0 unspecified atom stereocenters. The van der Waals surface area contributed by atoms with Crippen molar-refractivity contribution in [3.63, 3.8) is 0 Å². The van der Waals surface area contributed by atoms with Gasteiger partial charge in [0.05, 0.1) is 5.01 Å². The zero-order valence-electron chi connectivity index (χ0n) is 11.1. The number of aryl methyl sites for hydroxylation is 1. The Bertz CT molecular complexity index is 569. The third-order valence-electron chi connectivity index (χ3n) is 2.51. The van der Waals surface area contributed by atoms with Crippen molar-refractivity contribution in [1.82, 2.24) is 10.3 Å². The van der Waals surface area contributed by atoms with E-state index in [0.717, 1.165) is 11.4 Å². The molecule has 0 spiro atoms. The average molecular weight is 311 g/mol. The Morgan fingerprint density at radius 2 is 2.15 bits per heavy atom. The zero-order chi connectivity index (χ0) is 14.4. The largest absolute Gasteiger partial charge is 0.484 e. The van der Waals surface area contributed by atoms with Crippen LogP contribution < -0.4 is 10.1 Å². The number of carbonyl (C=O) groups is 1. The van der Waals surface area contributed by atoms with E-state index in [9.17, 15) is 4.79 Å². The molecule has 1 amide bonds. The lowest BCUT2D eigenvalue weighted by Crippen LogP contribution is -2.30. The van der Waals surface area contributed by atoms with Gasteiger partial charge in [0.1, 0.15) is 5.75 Å². The van der Waals surface area contributed by atoms with E-state index in [1.54, 1.807) is 35.6 Å². The van der Waals surface area contributed by atoms with E-state index in [-0.39, 0.29) is 12.5 Å². The molecule has 1 N–H and O–H groups in total. The summed E-state index contributed by atoms with van der Waals surface area (Å²) in [5.74, 6) is 0.480. The van der Waals surface area contributed by atoms with Crippen LogP contribution in [0.1, 0.15) is 9.88 Å². The molecule has 1 heterocycles. The quantitative estimate of drug-likeness (QED) is 0.892. The predicted octanol–water partition coefficient (Wildman–Crippen LogP) is 2.84. The summed E-state index contributed by atoms with van der Waals surface area (Å²) in [4.78, 5) is 17.0. The van der Waals surface area contributed by atoms with Crippen LogP contribution in [0.15, 0.2) is 30.5 Å². The van der Waals surface area contributed by atoms with Gasteiger partial charge in [-0.25, -0.2) is 4.98 Å². The van der Waals surface area contributed by atoms with Crippen LogP contribution in [0.5, 0.6) is 5.75 Å². The molecule has 4 nitrogen and oxygen atoms in total. The number of thiazole rings is 1. The summed E-state index contributed by atoms with van der Waals surface area (Å²) in [6, 6.07) is 6.90. The van der Waals surface area contributed by atoms with Crippen molar-refractivity contribution < 1.29 is 9.53 Å². The van der Waals surface area contributed by atoms with E-state index in [1.807, 2.05) is 13.1 Å². The Labute approximate surface area is 126 Å². The van der Waals surface area contributed by atoms with Gasteiger partial charge >= 0.3 is 0 Å². The summed E-state index contributed by atoms with van der Waals surface area (Å²) in [6.45, 7) is 2.58. The number of nitrogens with zero attached hydrogens (tertiary/aromatic N) is 1. The molecule has 6 heteroatoms. The molecular weight excluding hydrogens is 296 g/mol. The summed E-state index contributed by atoms with van der Waals surface area (Å²) in [7, 11) is 0. The molecule has 0 aliphatic carbocycles. The highest BCUT2D eigenvalue weighted by Crippen LogP contribution is 2.15. The summed E-state index contributed by atoms with van der Waals surface area (Å²) in [5.41, 5.74) is 0. The third kappa shape index (κ3) is 4.83. The standard InChI is InChI=1S/C14H15ClN2O2S/c1-10-8-17-14(20-10)6-7-16-13(18)9-19-12-4-2-11(15)3-5-12/h2-5,8H,6-7,9H2,1H3,(H,16,18). The maximum absolute atomic E-state index is 11.6. The van der Waals surface area contributed by atoms with Crippen molar-refractivity contribution in [2.45, 2.75) is 13.3 Å². The van der Waals surface area contributed by atoms with E-state index in [1.165, 1.54) is 4.88 Å². The molecule has 0 radical (unpaired) electrons. The number of halogens is 1. The normalized spacial score (nSPS) is 10.3. The SMILES string of the molecule is Cc1cnc(CCNC(=O)COc2ccc(Cl)cc2)s1. The number of benzene rings is 1. The zero-order valence-corrected chi connectivity index (χ0v) is 12.6. The van der Waals surface area contributed by atoms with Crippen molar-refractivity contribution in [3.8, 4) is 5.75 Å². The molecule has 0 fully saturated rings. The van der Waals surface area contributed by atoms with E-state index >= 15 is 0 Å². The lowest BCUT2D eigenvalue weighted by molar-refractivity contribution is -0.123. The number of amides is 1. The van der Waals surface area contributed by atoms with Crippen molar-refractivity contribution in [3.05, 3.63) is 45.4 Å². The minimum absolute atomic E-state index is 0.00146. The second kappa shape index (κ2) is 7.26. The fraction of sp³-hybridized carbons (Fsp3) is 0.286. The number of aromatic nitrogens is 1. The molecule has 0 aliphatic rings. The smallest absolute Gasteiger partial charge is 0.257 e. The number of ether oxygens (including phenoxy) is 1. The fourth-order valence-corrected chi connectivity index (χ4v) is 2.47. The summed E-state index contributed by atoms with van der Waals surface area (Å²) < 4.78 is 5.35. The van der Waals surface area contributed by atoms with E-state index in [0.29, 0.717) is 17.3 Å². The summed E-state index contributed by atoms with van der Waals surface area (Å²) in [5, 5.41) is 4.47. The second-order valence-electron chi connectivity index (χ2n) is 4.21. The van der Waals surface area contributed by atoms with Crippen LogP contribution in [0.3, 0.4) is 0 Å². The monoisotopic (exact) mass is 310 g/mol. The molecule has 0 bridgehead atoms. The first-order valence-corrected chi connectivity index (χ1v) is 7.39. The van der Waals surface area contributed by atoms with Gasteiger partial charge in [0, 0.05) is 29.1 Å². The van der Waals surface area contributed by atoms with Gasteiger partial charge in [0.25, 0.3) is 5.91 Å². The Morgan fingerprint density at radius 1 is 1.40 bits per heavy atom. The molecule has 2 aromatic rings. The lowest BCUT2D eigenvalue weighted by atomic mass is 10.3. The molecule has 1 aromatic carbocycles. The molecular formula is C14H15ClN2O2S. The van der Waals surface area contributed by atoms with Crippen LogP contribution in [-0.4, -0.2) is 24.0 Å². The molecule has 0 saturated heterocycles. The van der Waals surface area contributed by atoms with E-state index in [2.05, 4.69) is 10.3 Å². The first-order valence-electron chi connectivity index (χ1n) is 6.20. The van der Waals surface area contributed by atoms with E-state index in [4.69, 9.17) is 16.3 Å². The summed E-state index contributed by atoms with van der Waals surface area (Å²) >= 11 is 7.41. The molecule has 0 atom stereocenters. The molecule has 20 heavy (non-hydrogen) atoms. The number of hydrogen-bond donors (Lipinski definition) is 1. The van der Waals surface area contributed by atoms with Gasteiger partial charge in [-0.05, 0) is 31.2 Å². The van der Waals surface area contributed by atoms with Gasteiger partial charge in [0.15, 0.2) is 6.61 Å². The lowest BCUT2D eigenvalue weighted by Gasteiger charge is -2.06. The van der Waals surface area contributed by atoms with Gasteiger partial charge in [0.2, 0.25) is 0 Å². The van der Waals surface area contributed by atoms with Crippen LogP contribution in [-0.2, 0) is 11.2 Å². The highest BCUT2D eigenvalue weighted by molar-refractivity contribution is 7.11.